The van der Waals surface area contributed by atoms with E-state index in [9.17, 15) is 22.0 Å². The molecule has 0 saturated heterocycles. The lowest BCUT2D eigenvalue weighted by Crippen LogP contribution is -2.15. The third-order valence-electron chi connectivity index (χ3n) is 4.23. The number of anilines is 1. The lowest BCUT2D eigenvalue weighted by molar-refractivity contribution is 0.101. The van der Waals surface area contributed by atoms with Crippen LogP contribution in [0, 0.1) is 11.6 Å². The first kappa shape index (κ1) is 22.8. The molecule has 1 heterocycles. The fraction of sp³-hybridized carbons (Fsp3) is 0. The van der Waals surface area contributed by atoms with Gasteiger partial charge in [-0.2, -0.15) is 8.42 Å². The average molecular weight is 508 g/mol. The SMILES string of the molecule is O=C(Nc1nnc(-c2ccc(OS(=O)(=O)c3cccc(Cl)c3)cc2)s1)c1c(F)cccc1F. The molecule has 1 aromatic heterocycles. The standard InChI is InChI=1S/C21H12ClF2N3O4S2/c22-13-3-1-4-15(11-13)33(29,30)31-14-9-7-12(8-10-14)20-26-27-21(32-20)25-19(28)18-16(23)5-2-6-17(18)24/h1-11H,(H,25,27,28). The summed E-state index contributed by atoms with van der Waals surface area (Å²) in [4.78, 5) is 12.1. The molecule has 0 bridgehead atoms. The second-order valence-electron chi connectivity index (χ2n) is 6.48. The first-order valence-corrected chi connectivity index (χ1v) is 11.7. The van der Waals surface area contributed by atoms with E-state index in [0.717, 1.165) is 29.5 Å². The van der Waals surface area contributed by atoms with Crippen molar-refractivity contribution < 1.29 is 26.2 Å². The van der Waals surface area contributed by atoms with Crippen molar-refractivity contribution in [3.8, 4) is 16.3 Å². The molecule has 0 atom stereocenters. The van der Waals surface area contributed by atoms with Gasteiger partial charge in [0.1, 0.15) is 32.9 Å². The van der Waals surface area contributed by atoms with Crippen molar-refractivity contribution in [3.63, 3.8) is 0 Å². The second-order valence-corrected chi connectivity index (χ2v) is 9.44. The van der Waals surface area contributed by atoms with Crippen LogP contribution in [0.1, 0.15) is 10.4 Å². The van der Waals surface area contributed by atoms with Crippen LogP contribution in [0.4, 0.5) is 13.9 Å². The van der Waals surface area contributed by atoms with Crippen molar-refractivity contribution in [1.82, 2.24) is 10.2 Å². The van der Waals surface area contributed by atoms with Gasteiger partial charge in [0.05, 0.1) is 0 Å². The van der Waals surface area contributed by atoms with Gasteiger partial charge in [0.2, 0.25) is 5.13 Å². The third-order valence-corrected chi connectivity index (χ3v) is 6.59. The summed E-state index contributed by atoms with van der Waals surface area (Å²) in [6.45, 7) is 0. The fourth-order valence-electron chi connectivity index (χ4n) is 2.72. The zero-order valence-electron chi connectivity index (χ0n) is 16.3. The Kier molecular flexibility index (Phi) is 6.36. The monoisotopic (exact) mass is 507 g/mol. The van der Waals surface area contributed by atoms with Crippen molar-refractivity contribution in [2.75, 3.05) is 5.32 Å². The topological polar surface area (TPSA) is 98.2 Å². The van der Waals surface area contributed by atoms with E-state index in [4.69, 9.17) is 15.8 Å². The van der Waals surface area contributed by atoms with E-state index >= 15 is 0 Å². The number of hydrogen-bond acceptors (Lipinski definition) is 7. The number of aromatic nitrogens is 2. The third kappa shape index (κ3) is 5.16. The van der Waals surface area contributed by atoms with E-state index in [1.165, 1.54) is 30.3 Å². The van der Waals surface area contributed by atoms with Crippen LogP contribution in [-0.2, 0) is 10.1 Å². The number of amides is 1. The number of nitrogens with zero attached hydrogens (tertiary/aromatic N) is 2. The van der Waals surface area contributed by atoms with Gasteiger partial charge in [0.15, 0.2) is 0 Å². The maximum absolute atomic E-state index is 13.8. The Labute approximate surface area is 195 Å². The van der Waals surface area contributed by atoms with E-state index in [1.54, 1.807) is 18.2 Å². The van der Waals surface area contributed by atoms with E-state index in [1.807, 2.05) is 0 Å². The molecule has 33 heavy (non-hydrogen) atoms. The van der Waals surface area contributed by atoms with Gasteiger partial charge in [-0.05, 0) is 54.6 Å². The first-order valence-electron chi connectivity index (χ1n) is 9.12. The fourth-order valence-corrected chi connectivity index (χ4v) is 4.69. The molecule has 0 fully saturated rings. The predicted octanol–water partition coefficient (Wildman–Crippen LogP) is 5.16. The van der Waals surface area contributed by atoms with Crippen LogP contribution in [0.25, 0.3) is 10.6 Å². The van der Waals surface area contributed by atoms with Gasteiger partial charge in [-0.3, -0.25) is 10.1 Å². The molecule has 0 aliphatic rings. The smallest absolute Gasteiger partial charge is 0.339 e. The van der Waals surface area contributed by atoms with Crippen LogP contribution < -0.4 is 9.50 Å². The van der Waals surface area contributed by atoms with E-state index in [0.29, 0.717) is 10.6 Å². The molecule has 1 amide bonds. The molecule has 7 nitrogen and oxygen atoms in total. The molecule has 12 heteroatoms. The van der Waals surface area contributed by atoms with Gasteiger partial charge < -0.3 is 4.18 Å². The maximum Gasteiger partial charge on any atom is 0.339 e. The summed E-state index contributed by atoms with van der Waals surface area (Å²) in [6.07, 6.45) is 0. The molecule has 0 saturated carbocycles. The number of hydrogen-bond donors (Lipinski definition) is 1. The highest BCUT2D eigenvalue weighted by Crippen LogP contribution is 2.29. The molecule has 4 aromatic rings. The van der Waals surface area contributed by atoms with Crippen LogP contribution >= 0.6 is 22.9 Å². The predicted molar refractivity (Wildman–Crippen MR) is 119 cm³/mol. The zero-order valence-corrected chi connectivity index (χ0v) is 18.7. The number of rotatable bonds is 6. The first-order chi connectivity index (χ1) is 15.7. The molecule has 3 aromatic carbocycles. The summed E-state index contributed by atoms with van der Waals surface area (Å²) >= 11 is 6.80. The Morgan fingerprint density at radius 1 is 0.970 bits per heavy atom. The van der Waals surface area contributed by atoms with E-state index < -0.39 is 33.2 Å². The van der Waals surface area contributed by atoms with Crippen molar-refractivity contribution in [1.29, 1.82) is 0 Å². The average Bonchev–Trinajstić information content (AvgIpc) is 3.22. The van der Waals surface area contributed by atoms with E-state index in [-0.39, 0.29) is 20.8 Å². The van der Waals surface area contributed by atoms with Gasteiger partial charge in [-0.1, -0.05) is 35.1 Å². The number of halogens is 3. The van der Waals surface area contributed by atoms with Gasteiger partial charge in [0, 0.05) is 10.6 Å². The minimum Gasteiger partial charge on any atom is -0.379 e. The van der Waals surface area contributed by atoms with Gasteiger partial charge >= 0.3 is 10.1 Å². The minimum atomic E-state index is -4.07. The highest BCUT2D eigenvalue weighted by Gasteiger charge is 2.20. The molecular formula is C21H12ClF2N3O4S2. The summed E-state index contributed by atoms with van der Waals surface area (Å²) < 4.78 is 57.4. The lowest BCUT2D eigenvalue weighted by atomic mass is 10.2. The zero-order chi connectivity index (χ0) is 23.6. The largest absolute Gasteiger partial charge is 0.379 e. The van der Waals surface area contributed by atoms with Gasteiger partial charge in [-0.25, -0.2) is 8.78 Å². The number of carbonyl (C=O) groups excluding carboxylic acids is 1. The number of benzene rings is 3. The molecule has 0 aliphatic carbocycles. The van der Waals surface area contributed by atoms with Gasteiger partial charge in [-0.15, -0.1) is 10.2 Å². The van der Waals surface area contributed by atoms with Crippen LogP contribution in [0.3, 0.4) is 0 Å². The Balaban J connectivity index is 1.47. The summed E-state index contributed by atoms with van der Waals surface area (Å²) in [5, 5.41) is 10.7. The van der Waals surface area contributed by atoms with Crippen molar-refractivity contribution in [2.24, 2.45) is 0 Å². The highest BCUT2D eigenvalue weighted by molar-refractivity contribution is 7.87. The molecule has 0 spiro atoms. The Bertz CT molecular complexity index is 1420. The van der Waals surface area contributed by atoms with Crippen LogP contribution in [0.15, 0.2) is 71.6 Å². The summed E-state index contributed by atoms with van der Waals surface area (Å²) in [6, 6.07) is 14.7. The molecule has 1 N–H and O–H groups in total. The Morgan fingerprint density at radius 3 is 2.30 bits per heavy atom. The van der Waals surface area contributed by atoms with Crippen LogP contribution in [0.5, 0.6) is 5.75 Å². The normalized spacial score (nSPS) is 11.2. The Hall–Kier alpha value is -3.41. The Morgan fingerprint density at radius 2 is 1.64 bits per heavy atom. The van der Waals surface area contributed by atoms with E-state index in [2.05, 4.69) is 15.5 Å². The van der Waals surface area contributed by atoms with Crippen LogP contribution in [-0.4, -0.2) is 24.5 Å². The quantitative estimate of drug-likeness (QED) is 0.362. The highest BCUT2D eigenvalue weighted by atomic mass is 35.5. The van der Waals surface area contributed by atoms with Crippen molar-refractivity contribution in [2.45, 2.75) is 4.90 Å². The number of carbonyl (C=O) groups is 1. The second kappa shape index (κ2) is 9.22. The lowest BCUT2D eigenvalue weighted by Gasteiger charge is -2.07. The summed E-state index contributed by atoms with van der Waals surface area (Å²) in [5.41, 5.74) is -0.172. The number of nitrogens with one attached hydrogen (secondary N) is 1. The molecule has 0 aliphatic heterocycles. The molecule has 4 rings (SSSR count). The molecule has 0 radical (unpaired) electrons. The molecule has 0 unspecified atom stereocenters. The van der Waals surface area contributed by atoms with Crippen molar-refractivity contribution >= 4 is 44.1 Å². The maximum atomic E-state index is 13.8. The van der Waals surface area contributed by atoms with Gasteiger partial charge in [0.25, 0.3) is 5.91 Å². The molecular weight excluding hydrogens is 496 g/mol. The summed E-state index contributed by atoms with van der Waals surface area (Å²) in [5.74, 6) is -2.93. The van der Waals surface area contributed by atoms with Crippen molar-refractivity contribution in [3.05, 3.63) is 89.0 Å². The van der Waals surface area contributed by atoms with Crippen LogP contribution in [0.2, 0.25) is 5.02 Å². The minimum absolute atomic E-state index is 0.0292. The molecule has 168 valence electrons. The summed E-state index contributed by atoms with van der Waals surface area (Å²) in [7, 11) is -4.07.